The van der Waals surface area contributed by atoms with Crippen LogP contribution in [0, 0.1) is 0 Å². The van der Waals surface area contributed by atoms with Crippen molar-refractivity contribution < 1.29 is 19.2 Å². The molecular formula is C37H29BrN4O4S. The highest BCUT2D eigenvalue weighted by atomic mass is 79.9. The van der Waals surface area contributed by atoms with Crippen molar-refractivity contribution >= 4 is 68.8 Å². The Morgan fingerprint density at radius 2 is 1.40 bits per heavy atom. The van der Waals surface area contributed by atoms with Gasteiger partial charge in [0.2, 0.25) is 5.91 Å². The molecule has 5 aromatic carbocycles. The molecule has 0 saturated carbocycles. The molecule has 10 heteroatoms. The first kappa shape index (κ1) is 32.9. The normalized spacial score (nSPS) is 11.6. The number of primary amides is 1. The molecule has 0 fully saturated rings. The molecule has 234 valence electrons. The number of nitrogens with one attached hydrogen (secondary N) is 3. The summed E-state index contributed by atoms with van der Waals surface area (Å²) in [5.41, 5.74) is 8.40. The maximum absolute atomic E-state index is 13.7. The Hall–Kier alpha value is -5.45. The van der Waals surface area contributed by atoms with Gasteiger partial charge in [0.1, 0.15) is 10.9 Å². The van der Waals surface area contributed by atoms with Gasteiger partial charge in [-0.2, -0.15) is 0 Å². The van der Waals surface area contributed by atoms with Crippen molar-refractivity contribution in [1.29, 1.82) is 0 Å². The van der Waals surface area contributed by atoms with Crippen LogP contribution in [0.25, 0.3) is 6.08 Å². The minimum Gasteiger partial charge on any atom is -0.366 e. The van der Waals surface area contributed by atoms with E-state index >= 15 is 0 Å². The van der Waals surface area contributed by atoms with Crippen molar-refractivity contribution in [2.45, 2.75) is 10.1 Å². The van der Waals surface area contributed by atoms with E-state index in [0.29, 0.717) is 27.4 Å². The zero-order valence-corrected chi connectivity index (χ0v) is 27.3. The minimum atomic E-state index is -0.708. The molecule has 1 unspecified atom stereocenters. The van der Waals surface area contributed by atoms with Crippen LogP contribution in [0.3, 0.4) is 0 Å². The highest BCUT2D eigenvalue weighted by Crippen LogP contribution is 2.37. The lowest BCUT2D eigenvalue weighted by Gasteiger charge is -2.18. The summed E-state index contributed by atoms with van der Waals surface area (Å²) >= 11 is 4.72. The van der Waals surface area contributed by atoms with E-state index in [2.05, 4.69) is 31.9 Å². The molecule has 0 spiro atoms. The molecule has 0 radical (unpaired) electrons. The molecule has 5 N–H and O–H groups in total. The summed E-state index contributed by atoms with van der Waals surface area (Å²) in [6, 6.07) is 38.8. The summed E-state index contributed by atoms with van der Waals surface area (Å²) in [6.07, 6.45) is 1.60. The summed E-state index contributed by atoms with van der Waals surface area (Å²) < 4.78 is 0.820. The maximum atomic E-state index is 13.7. The molecule has 1 atom stereocenters. The van der Waals surface area contributed by atoms with Crippen molar-refractivity contribution in [1.82, 2.24) is 5.32 Å². The van der Waals surface area contributed by atoms with Crippen LogP contribution in [0.1, 0.15) is 37.1 Å². The number of para-hydroxylation sites is 1. The summed E-state index contributed by atoms with van der Waals surface area (Å²) in [5, 5.41) is 7.76. The number of hydrogen-bond acceptors (Lipinski definition) is 5. The number of halogens is 1. The van der Waals surface area contributed by atoms with Gasteiger partial charge in [-0.15, -0.1) is 11.8 Å². The number of nitrogens with two attached hydrogens (primary N) is 1. The van der Waals surface area contributed by atoms with Crippen LogP contribution in [0.5, 0.6) is 0 Å². The summed E-state index contributed by atoms with van der Waals surface area (Å²) in [4.78, 5) is 52.9. The van der Waals surface area contributed by atoms with Gasteiger partial charge < -0.3 is 21.7 Å². The smallest absolute Gasteiger partial charge is 0.272 e. The lowest BCUT2D eigenvalue weighted by Crippen LogP contribution is -2.30. The van der Waals surface area contributed by atoms with Gasteiger partial charge in [0.05, 0.1) is 11.3 Å². The first-order chi connectivity index (χ1) is 22.8. The van der Waals surface area contributed by atoms with Crippen LogP contribution < -0.4 is 21.7 Å². The molecule has 0 aliphatic carbocycles. The van der Waals surface area contributed by atoms with Crippen molar-refractivity contribution in [2.75, 3.05) is 10.6 Å². The summed E-state index contributed by atoms with van der Waals surface area (Å²) in [6.45, 7) is 0. The van der Waals surface area contributed by atoms with Crippen LogP contribution in [0.15, 0.2) is 149 Å². The predicted octanol–water partition coefficient (Wildman–Crippen LogP) is 7.43. The van der Waals surface area contributed by atoms with E-state index < -0.39 is 23.0 Å². The predicted molar refractivity (Wildman–Crippen MR) is 190 cm³/mol. The number of anilines is 2. The number of carbonyl (C=O) groups excluding carboxylic acids is 4. The first-order valence-corrected chi connectivity index (χ1v) is 16.1. The average molecular weight is 706 g/mol. The fourth-order valence-electron chi connectivity index (χ4n) is 4.59. The second-order valence-electron chi connectivity index (χ2n) is 10.2. The van der Waals surface area contributed by atoms with Gasteiger partial charge in [0, 0.05) is 20.6 Å². The number of benzene rings is 5. The molecule has 4 amide bonds. The quantitative estimate of drug-likeness (QED) is 0.0839. The topological polar surface area (TPSA) is 130 Å². The Kier molecular flexibility index (Phi) is 11.0. The second-order valence-corrected chi connectivity index (χ2v) is 12.3. The fourth-order valence-corrected chi connectivity index (χ4v) is 6.09. The van der Waals surface area contributed by atoms with Crippen molar-refractivity contribution in [3.8, 4) is 0 Å². The number of carbonyl (C=O) groups is 4. The Labute approximate surface area is 284 Å². The van der Waals surface area contributed by atoms with Gasteiger partial charge in [-0.1, -0.05) is 94.8 Å². The lowest BCUT2D eigenvalue weighted by molar-refractivity contribution is -0.116. The van der Waals surface area contributed by atoms with Crippen LogP contribution in [-0.2, 0) is 9.59 Å². The van der Waals surface area contributed by atoms with E-state index in [4.69, 9.17) is 5.73 Å². The molecule has 0 heterocycles. The summed E-state index contributed by atoms with van der Waals surface area (Å²) in [7, 11) is 0. The largest absolute Gasteiger partial charge is 0.366 e. The van der Waals surface area contributed by atoms with E-state index in [0.717, 1.165) is 10.0 Å². The van der Waals surface area contributed by atoms with Crippen molar-refractivity contribution in [3.05, 3.63) is 166 Å². The number of rotatable bonds is 11. The van der Waals surface area contributed by atoms with Crippen LogP contribution in [0.2, 0.25) is 0 Å². The molecule has 47 heavy (non-hydrogen) atoms. The Bertz CT molecular complexity index is 1950. The standard InChI is InChI=1S/C37H29BrN4O4S/c38-27-16-9-11-24(21-27)22-32(42-35(44)26-14-5-2-6-15-26)36(45)40-28-17-10-18-29(23-28)47-33(25-12-3-1-4-13-25)37(46)41-31-20-8-7-19-30(31)34(39)43/h1-23,33H,(H2,39,43)(H,40,45)(H,41,46)(H,42,44)/b32-22+. The van der Waals surface area contributed by atoms with Crippen molar-refractivity contribution in [3.63, 3.8) is 0 Å². The number of amides is 4. The zero-order valence-electron chi connectivity index (χ0n) is 24.9. The van der Waals surface area contributed by atoms with E-state index in [1.165, 1.54) is 11.8 Å². The van der Waals surface area contributed by atoms with Crippen LogP contribution in [0.4, 0.5) is 11.4 Å². The van der Waals surface area contributed by atoms with Gasteiger partial charge >= 0.3 is 0 Å². The fraction of sp³-hybridized carbons (Fsp3) is 0.0270. The maximum Gasteiger partial charge on any atom is 0.272 e. The van der Waals surface area contributed by atoms with Gasteiger partial charge in [-0.05, 0) is 71.8 Å². The lowest BCUT2D eigenvalue weighted by atomic mass is 10.1. The molecule has 8 nitrogen and oxygen atoms in total. The van der Waals surface area contributed by atoms with E-state index in [9.17, 15) is 19.2 Å². The zero-order chi connectivity index (χ0) is 33.2. The molecular weight excluding hydrogens is 676 g/mol. The molecule has 0 aromatic heterocycles. The third kappa shape index (κ3) is 9.06. The first-order valence-electron chi connectivity index (χ1n) is 14.4. The van der Waals surface area contributed by atoms with Gasteiger partial charge in [0.15, 0.2) is 0 Å². The average Bonchev–Trinajstić information content (AvgIpc) is 3.08. The van der Waals surface area contributed by atoms with E-state index in [1.54, 1.807) is 78.9 Å². The molecule has 0 bridgehead atoms. The molecule has 5 rings (SSSR count). The van der Waals surface area contributed by atoms with Gasteiger partial charge in [0.25, 0.3) is 17.7 Å². The van der Waals surface area contributed by atoms with E-state index in [-0.39, 0.29) is 17.2 Å². The monoisotopic (exact) mass is 704 g/mol. The summed E-state index contributed by atoms with van der Waals surface area (Å²) in [5.74, 6) is -1.97. The minimum absolute atomic E-state index is 0.0460. The number of thioether (sulfide) groups is 1. The molecule has 0 aliphatic heterocycles. The van der Waals surface area contributed by atoms with E-state index in [1.807, 2.05) is 60.7 Å². The SMILES string of the molecule is NC(=O)c1ccccc1NC(=O)C(Sc1cccc(NC(=O)/C(=C\c2cccc(Br)c2)NC(=O)c2ccccc2)c1)c1ccccc1. The van der Waals surface area contributed by atoms with Crippen LogP contribution in [-0.4, -0.2) is 23.6 Å². The molecule has 0 aliphatic rings. The van der Waals surface area contributed by atoms with Gasteiger partial charge in [-0.25, -0.2) is 0 Å². The molecule has 0 saturated heterocycles. The third-order valence-electron chi connectivity index (χ3n) is 6.83. The van der Waals surface area contributed by atoms with Crippen molar-refractivity contribution in [2.24, 2.45) is 5.73 Å². The van der Waals surface area contributed by atoms with Gasteiger partial charge in [-0.3, -0.25) is 19.2 Å². The van der Waals surface area contributed by atoms with Crippen LogP contribution >= 0.6 is 27.7 Å². The number of hydrogen-bond donors (Lipinski definition) is 4. The second kappa shape index (κ2) is 15.7. The molecule has 5 aromatic rings. The highest BCUT2D eigenvalue weighted by Gasteiger charge is 2.24. The Balaban J connectivity index is 1.39. The third-order valence-corrected chi connectivity index (χ3v) is 8.57. The highest BCUT2D eigenvalue weighted by molar-refractivity contribution is 9.10. The Morgan fingerprint density at radius 3 is 2.13 bits per heavy atom. The Morgan fingerprint density at radius 1 is 0.723 bits per heavy atom.